The molecule has 0 aromatic carbocycles. The summed E-state index contributed by atoms with van der Waals surface area (Å²) in [5.41, 5.74) is 0.419. The van der Waals surface area contributed by atoms with Gasteiger partial charge in [-0.05, 0) is 67.0 Å². The van der Waals surface area contributed by atoms with Gasteiger partial charge in [0, 0.05) is 23.9 Å². The molecular weight excluding hydrogens is 471 g/mol. The number of fused-ring (bicyclic) bond motifs is 1. The molecule has 0 unspecified atom stereocenters. The molecule has 0 amide bonds. The summed E-state index contributed by atoms with van der Waals surface area (Å²) in [5.74, 6) is -1.47. The number of halogens is 3. The Morgan fingerprint density at radius 1 is 1.14 bits per heavy atom. The van der Waals surface area contributed by atoms with Gasteiger partial charge >= 0.3 is 6.18 Å². The molecule has 36 heavy (non-hydrogen) atoms. The third-order valence-corrected chi connectivity index (χ3v) is 6.28. The van der Waals surface area contributed by atoms with Crippen LogP contribution in [0.5, 0.6) is 5.75 Å². The number of nitrogens with one attached hydrogen (secondary N) is 2. The third-order valence-electron chi connectivity index (χ3n) is 6.28. The van der Waals surface area contributed by atoms with E-state index in [9.17, 15) is 23.1 Å². The number of alkyl halides is 3. The van der Waals surface area contributed by atoms with E-state index in [1.165, 1.54) is 31.0 Å². The lowest BCUT2D eigenvalue weighted by atomic mass is 9.90. The van der Waals surface area contributed by atoms with Crippen LogP contribution in [-0.4, -0.2) is 34.5 Å². The first-order valence-corrected chi connectivity index (χ1v) is 11.4. The van der Waals surface area contributed by atoms with Crippen molar-refractivity contribution >= 4 is 29.4 Å². The fourth-order valence-electron chi connectivity index (χ4n) is 4.40. The van der Waals surface area contributed by atoms with Crippen molar-refractivity contribution in [2.24, 2.45) is 5.92 Å². The van der Waals surface area contributed by atoms with E-state index >= 15 is 0 Å². The highest BCUT2D eigenvalue weighted by atomic mass is 19.4. The van der Waals surface area contributed by atoms with E-state index in [4.69, 9.17) is 15.2 Å². The van der Waals surface area contributed by atoms with Gasteiger partial charge in [0.2, 0.25) is 5.78 Å². The zero-order valence-corrected chi connectivity index (χ0v) is 19.2. The van der Waals surface area contributed by atoms with Gasteiger partial charge in [-0.1, -0.05) is 23.8 Å². The average Bonchev–Trinajstić information content (AvgIpc) is 3.28. The molecule has 0 bridgehead atoms. The molecule has 9 heteroatoms. The molecule has 2 aliphatic rings. The fraction of sp³-hybridized carbons (Fsp3) is 0.259. The number of allylic oxidation sites excluding steroid dienone is 8. The first kappa shape index (κ1) is 25.1. The zero-order chi connectivity index (χ0) is 25.9. The second kappa shape index (κ2) is 10.3. The second-order valence-electron chi connectivity index (χ2n) is 8.57. The van der Waals surface area contributed by atoms with Gasteiger partial charge < -0.3 is 20.3 Å². The van der Waals surface area contributed by atoms with Crippen molar-refractivity contribution in [3.8, 4) is 5.75 Å². The summed E-state index contributed by atoms with van der Waals surface area (Å²) >= 11 is 0. The SMILES string of the molecule is N=CC(C=N)/C1=C/CCC(C(=O)c2nc3c(cc2O)CC=C(c2ccoc2)C=C3C(F)(F)F)=CCC1. The molecule has 0 aliphatic heterocycles. The van der Waals surface area contributed by atoms with Gasteiger partial charge in [0.25, 0.3) is 0 Å². The number of Topliss-reactive ketones (excluding diaryl/α,β-unsaturated/α-hetero) is 1. The Bertz CT molecular complexity index is 1310. The van der Waals surface area contributed by atoms with E-state index in [1.54, 1.807) is 18.2 Å². The largest absolute Gasteiger partial charge is 0.506 e. The van der Waals surface area contributed by atoms with Crippen LogP contribution < -0.4 is 0 Å². The van der Waals surface area contributed by atoms with Crippen molar-refractivity contribution in [2.75, 3.05) is 0 Å². The standard InChI is InChI=1S/C27H24F3N3O3/c28-27(29,30)22-11-18(20-9-10-36-15-20)7-8-19-12-23(34)25(33-24(19)22)26(35)17-5-1-3-16(4-2-6-17)21(13-31)14-32/h3,6-7,9-15,21,31-32,34H,1-2,4-5,8H2/b16-3+,17-6?,31-13?,32-14?. The summed E-state index contributed by atoms with van der Waals surface area (Å²) in [7, 11) is 0. The van der Waals surface area contributed by atoms with Gasteiger partial charge in [-0.3, -0.25) is 4.79 Å². The van der Waals surface area contributed by atoms with Crippen molar-refractivity contribution in [1.82, 2.24) is 4.98 Å². The van der Waals surface area contributed by atoms with E-state index in [0.717, 1.165) is 11.6 Å². The van der Waals surface area contributed by atoms with Crippen molar-refractivity contribution < 1.29 is 27.5 Å². The van der Waals surface area contributed by atoms with Crippen LogP contribution in [0.15, 0.2) is 64.5 Å². The number of nitrogens with zero attached hydrogens (tertiary/aromatic N) is 1. The molecule has 0 fully saturated rings. The highest BCUT2D eigenvalue weighted by Crippen LogP contribution is 2.40. The van der Waals surface area contributed by atoms with Crippen LogP contribution in [0.4, 0.5) is 13.2 Å². The summed E-state index contributed by atoms with van der Waals surface area (Å²) in [6.07, 6.45) is 8.37. The van der Waals surface area contributed by atoms with Gasteiger partial charge in [0.1, 0.15) is 5.75 Å². The number of pyridine rings is 1. The molecule has 0 saturated heterocycles. The Kier molecular flexibility index (Phi) is 7.19. The molecule has 0 spiro atoms. The predicted molar refractivity (Wildman–Crippen MR) is 130 cm³/mol. The number of ketones is 1. The molecule has 0 atom stereocenters. The topological polar surface area (TPSA) is 111 Å². The molecule has 2 heterocycles. The van der Waals surface area contributed by atoms with E-state index in [1.807, 2.05) is 6.08 Å². The number of aromatic nitrogens is 1. The molecule has 6 nitrogen and oxygen atoms in total. The van der Waals surface area contributed by atoms with E-state index in [0.29, 0.717) is 42.4 Å². The first-order chi connectivity index (χ1) is 17.2. The molecule has 2 aromatic heterocycles. The Labute approximate surface area is 205 Å². The van der Waals surface area contributed by atoms with Gasteiger partial charge in [-0.25, -0.2) is 4.98 Å². The highest BCUT2D eigenvalue weighted by Gasteiger charge is 2.38. The summed E-state index contributed by atoms with van der Waals surface area (Å²) in [6, 6.07) is 2.74. The summed E-state index contributed by atoms with van der Waals surface area (Å²) in [6.45, 7) is 0. The molecule has 4 rings (SSSR count). The van der Waals surface area contributed by atoms with E-state index < -0.39 is 29.0 Å². The second-order valence-corrected chi connectivity index (χ2v) is 8.57. The number of aromatic hydroxyl groups is 1. The number of furan rings is 1. The molecule has 186 valence electrons. The van der Waals surface area contributed by atoms with Crippen LogP contribution in [-0.2, 0) is 6.42 Å². The molecule has 0 saturated carbocycles. The van der Waals surface area contributed by atoms with Gasteiger partial charge in [0.15, 0.2) is 5.69 Å². The monoisotopic (exact) mass is 495 g/mol. The molecule has 2 aromatic rings. The molecule has 3 N–H and O–H groups in total. The van der Waals surface area contributed by atoms with Gasteiger partial charge in [0.05, 0.1) is 23.8 Å². The number of carbonyl (C=O) groups is 1. The summed E-state index contributed by atoms with van der Waals surface area (Å²) in [5, 5.41) is 25.5. The summed E-state index contributed by atoms with van der Waals surface area (Å²) < 4.78 is 47.3. The van der Waals surface area contributed by atoms with E-state index in [2.05, 4.69) is 4.98 Å². The minimum Gasteiger partial charge on any atom is -0.506 e. The highest BCUT2D eigenvalue weighted by molar-refractivity contribution is 6.09. The minimum atomic E-state index is -4.74. The lowest BCUT2D eigenvalue weighted by Gasteiger charge is -2.17. The van der Waals surface area contributed by atoms with Crippen LogP contribution in [0, 0.1) is 16.7 Å². The maximum atomic E-state index is 14.1. The Morgan fingerprint density at radius 2 is 1.89 bits per heavy atom. The molecular formula is C27H24F3N3O3. The number of hydrogen-bond donors (Lipinski definition) is 3. The average molecular weight is 496 g/mol. The van der Waals surface area contributed by atoms with Crippen molar-refractivity contribution in [1.29, 1.82) is 10.8 Å². The van der Waals surface area contributed by atoms with Crippen LogP contribution in [0.2, 0.25) is 0 Å². The number of hydrogen-bond acceptors (Lipinski definition) is 6. The molecule has 0 radical (unpaired) electrons. The Morgan fingerprint density at radius 3 is 2.56 bits per heavy atom. The Hall–Kier alpha value is -4.01. The lowest BCUT2D eigenvalue weighted by molar-refractivity contribution is -0.0691. The van der Waals surface area contributed by atoms with Crippen molar-refractivity contribution in [2.45, 2.75) is 38.3 Å². The van der Waals surface area contributed by atoms with Gasteiger partial charge in [-0.2, -0.15) is 13.2 Å². The maximum absolute atomic E-state index is 14.1. The van der Waals surface area contributed by atoms with Crippen LogP contribution in [0.3, 0.4) is 0 Å². The van der Waals surface area contributed by atoms with Crippen molar-refractivity contribution in [3.05, 3.63) is 82.6 Å². The van der Waals surface area contributed by atoms with Crippen LogP contribution in [0.25, 0.3) is 11.1 Å². The Balaban J connectivity index is 1.68. The van der Waals surface area contributed by atoms with Crippen LogP contribution in [0.1, 0.15) is 53.0 Å². The lowest BCUT2D eigenvalue weighted by Crippen LogP contribution is -2.16. The number of rotatable bonds is 6. The van der Waals surface area contributed by atoms with E-state index in [-0.39, 0.29) is 23.6 Å². The summed E-state index contributed by atoms with van der Waals surface area (Å²) in [4.78, 5) is 17.4. The van der Waals surface area contributed by atoms with Crippen LogP contribution >= 0.6 is 0 Å². The number of carbonyl (C=O) groups excluding carboxylic acids is 1. The normalized spacial score (nSPS) is 18.6. The fourth-order valence-corrected chi connectivity index (χ4v) is 4.40. The van der Waals surface area contributed by atoms with Gasteiger partial charge in [-0.15, -0.1) is 0 Å². The molecule has 2 aliphatic carbocycles. The quantitative estimate of drug-likeness (QED) is 0.242. The van der Waals surface area contributed by atoms with Crippen molar-refractivity contribution in [3.63, 3.8) is 0 Å². The first-order valence-electron chi connectivity index (χ1n) is 11.4. The minimum absolute atomic E-state index is 0.0818. The third kappa shape index (κ3) is 5.15. The smallest absolute Gasteiger partial charge is 0.418 e. The maximum Gasteiger partial charge on any atom is 0.418 e. The predicted octanol–water partition coefficient (Wildman–Crippen LogP) is 6.49. The zero-order valence-electron chi connectivity index (χ0n) is 19.2.